The van der Waals surface area contributed by atoms with Crippen LogP contribution in [-0.2, 0) is 11.3 Å². The normalized spacial score (nSPS) is 11.2. The van der Waals surface area contributed by atoms with Gasteiger partial charge in [0.25, 0.3) is 0 Å². The molecule has 0 spiro atoms. The van der Waals surface area contributed by atoms with Crippen molar-refractivity contribution in [1.82, 2.24) is 15.2 Å². The number of nitrogens with zero attached hydrogens (tertiary/aromatic N) is 3. The van der Waals surface area contributed by atoms with Gasteiger partial charge in [0.2, 0.25) is 5.13 Å². The number of hydrogen-bond acceptors (Lipinski definition) is 7. The van der Waals surface area contributed by atoms with Gasteiger partial charge in [0.05, 0.1) is 17.2 Å². The molecule has 5 nitrogen and oxygen atoms in total. The number of rotatable bonds is 6. The molecule has 2 aromatic heterocycles. The van der Waals surface area contributed by atoms with Gasteiger partial charge in [-0.2, -0.15) is 0 Å². The van der Waals surface area contributed by atoms with Crippen molar-refractivity contribution in [3.63, 3.8) is 0 Å². The lowest BCUT2D eigenvalue weighted by Crippen LogP contribution is -1.94. The zero-order valence-electron chi connectivity index (χ0n) is 11.6. The maximum Gasteiger partial charge on any atom is 0.206 e. The Morgan fingerprint density at radius 3 is 2.68 bits per heavy atom. The topological polar surface area (TPSA) is 59.9 Å². The van der Waals surface area contributed by atoms with Gasteiger partial charge in [-0.05, 0) is 12.8 Å². The van der Waals surface area contributed by atoms with Gasteiger partial charge in [-0.1, -0.05) is 25.2 Å². The van der Waals surface area contributed by atoms with Crippen molar-refractivity contribution in [2.24, 2.45) is 0 Å². The van der Waals surface area contributed by atoms with Crippen LogP contribution in [0.25, 0.3) is 9.88 Å². The van der Waals surface area contributed by atoms with E-state index in [9.17, 15) is 0 Å². The first-order valence-electron chi connectivity index (χ1n) is 6.22. The summed E-state index contributed by atoms with van der Waals surface area (Å²) >= 11 is 3.21. The Morgan fingerprint density at radius 1 is 1.26 bits per heavy atom. The summed E-state index contributed by atoms with van der Waals surface area (Å²) in [6.45, 7) is 7.72. The van der Waals surface area contributed by atoms with Crippen LogP contribution in [0.15, 0.2) is 0 Å². The lowest BCUT2D eigenvalue weighted by Gasteiger charge is -2.01. The van der Waals surface area contributed by atoms with Crippen molar-refractivity contribution in [2.45, 2.75) is 33.3 Å². The average Bonchev–Trinajstić information content (AvgIpc) is 2.96. The van der Waals surface area contributed by atoms with E-state index in [1.54, 1.807) is 29.8 Å². The summed E-state index contributed by atoms with van der Waals surface area (Å²) < 4.78 is 5.16. The molecule has 0 radical (unpaired) electrons. The number of methoxy groups -OCH3 is 1. The Labute approximate surface area is 121 Å². The number of ether oxygens (including phenoxy) is 1. The molecule has 7 heteroatoms. The Morgan fingerprint density at radius 2 is 2.05 bits per heavy atom. The molecule has 2 aromatic rings. The third kappa shape index (κ3) is 3.29. The van der Waals surface area contributed by atoms with E-state index in [1.807, 2.05) is 6.92 Å². The summed E-state index contributed by atoms with van der Waals surface area (Å²) in [6, 6.07) is 0. The molecule has 2 heterocycles. The van der Waals surface area contributed by atoms with Crippen molar-refractivity contribution in [3.8, 4) is 9.88 Å². The predicted octanol–water partition coefficient (Wildman–Crippen LogP) is 3.36. The second-order valence-electron chi connectivity index (χ2n) is 4.35. The summed E-state index contributed by atoms with van der Waals surface area (Å²) in [5.41, 5.74) is 1.08. The number of hydrogen-bond donors (Lipinski definition) is 1. The molecule has 0 saturated carbocycles. The fraction of sp³-hybridized carbons (Fsp3) is 0.583. The highest BCUT2D eigenvalue weighted by Crippen LogP contribution is 2.37. The highest BCUT2D eigenvalue weighted by atomic mass is 32.1. The third-order valence-electron chi connectivity index (χ3n) is 2.46. The van der Waals surface area contributed by atoms with E-state index in [4.69, 9.17) is 4.74 Å². The van der Waals surface area contributed by atoms with Crippen LogP contribution < -0.4 is 5.32 Å². The first-order valence-corrected chi connectivity index (χ1v) is 7.85. The van der Waals surface area contributed by atoms with Gasteiger partial charge in [0.15, 0.2) is 5.01 Å². The monoisotopic (exact) mass is 298 g/mol. The minimum atomic E-state index is 0.364. The van der Waals surface area contributed by atoms with Crippen molar-refractivity contribution in [3.05, 3.63) is 10.7 Å². The number of thiazole rings is 1. The van der Waals surface area contributed by atoms with Gasteiger partial charge < -0.3 is 10.1 Å². The summed E-state index contributed by atoms with van der Waals surface area (Å²) in [4.78, 5) is 5.76. The lowest BCUT2D eigenvalue weighted by molar-refractivity contribution is 0.184. The van der Waals surface area contributed by atoms with Crippen molar-refractivity contribution >= 4 is 27.8 Å². The average molecular weight is 298 g/mol. The second kappa shape index (κ2) is 6.40. The predicted molar refractivity (Wildman–Crippen MR) is 80.0 cm³/mol. The Bertz CT molecular complexity index is 536. The van der Waals surface area contributed by atoms with Gasteiger partial charge in [-0.15, -0.1) is 21.5 Å². The van der Waals surface area contributed by atoms with Crippen LogP contribution in [0.5, 0.6) is 0 Å². The van der Waals surface area contributed by atoms with Gasteiger partial charge in [-0.3, -0.25) is 0 Å². The van der Waals surface area contributed by atoms with E-state index >= 15 is 0 Å². The van der Waals surface area contributed by atoms with Crippen molar-refractivity contribution in [2.75, 3.05) is 19.0 Å². The zero-order chi connectivity index (χ0) is 13.8. The minimum absolute atomic E-state index is 0.364. The molecule has 0 amide bonds. The molecule has 0 aliphatic rings. The summed E-state index contributed by atoms with van der Waals surface area (Å²) in [6.07, 6.45) is 0. The third-order valence-corrected chi connectivity index (χ3v) is 4.54. The quantitative estimate of drug-likeness (QED) is 0.886. The smallest absolute Gasteiger partial charge is 0.206 e. The van der Waals surface area contributed by atoms with Crippen LogP contribution in [0.2, 0.25) is 0 Å². The number of aromatic nitrogens is 3. The van der Waals surface area contributed by atoms with Crippen LogP contribution in [0.3, 0.4) is 0 Å². The molecule has 0 unspecified atom stereocenters. The molecule has 0 aromatic carbocycles. The molecule has 104 valence electrons. The molecule has 0 saturated heterocycles. The molecule has 19 heavy (non-hydrogen) atoms. The molecule has 0 aliphatic carbocycles. The number of nitrogens with one attached hydrogen (secondary N) is 1. The maximum atomic E-state index is 5.16. The van der Waals surface area contributed by atoms with E-state index in [0.29, 0.717) is 12.5 Å². The first-order chi connectivity index (χ1) is 9.15. The Balaban J connectivity index is 2.35. The SMILES string of the molecule is CCNc1nnc(-c2sc(COC)nc2C(C)C)s1. The summed E-state index contributed by atoms with van der Waals surface area (Å²) in [5, 5.41) is 14.4. The molecule has 0 atom stereocenters. The second-order valence-corrected chi connectivity index (χ2v) is 6.41. The fourth-order valence-electron chi connectivity index (χ4n) is 1.65. The van der Waals surface area contributed by atoms with Crippen LogP contribution in [0, 0.1) is 0 Å². The zero-order valence-corrected chi connectivity index (χ0v) is 13.2. The van der Waals surface area contributed by atoms with Crippen molar-refractivity contribution < 1.29 is 4.74 Å². The van der Waals surface area contributed by atoms with E-state index < -0.39 is 0 Å². The van der Waals surface area contributed by atoms with Gasteiger partial charge >= 0.3 is 0 Å². The molecule has 0 fully saturated rings. The fourth-order valence-corrected chi connectivity index (χ4v) is 3.73. The standard InChI is InChI=1S/C12H18N4OS2/c1-5-13-12-16-15-11(19-12)10-9(7(2)3)14-8(18-10)6-17-4/h7H,5-6H2,1-4H3,(H,13,16). The molecule has 1 N–H and O–H groups in total. The summed E-state index contributed by atoms with van der Waals surface area (Å²) in [7, 11) is 1.68. The molecular formula is C12H18N4OS2. The minimum Gasteiger partial charge on any atom is -0.378 e. The molecule has 2 rings (SSSR count). The maximum absolute atomic E-state index is 5.16. The van der Waals surface area contributed by atoms with Gasteiger partial charge in [0, 0.05) is 13.7 Å². The van der Waals surface area contributed by atoms with Crippen LogP contribution in [-0.4, -0.2) is 28.8 Å². The molecule has 0 aliphatic heterocycles. The summed E-state index contributed by atoms with van der Waals surface area (Å²) in [5.74, 6) is 0.364. The van der Waals surface area contributed by atoms with Crippen molar-refractivity contribution in [1.29, 1.82) is 0 Å². The Hall–Kier alpha value is -1.05. The van der Waals surface area contributed by atoms with Gasteiger partial charge in [-0.25, -0.2) is 4.98 Å². The van der Waals surface area contributed by atoms with Crippen LogP contribution in [0.4, 0.5) is 5.13 Å². The molecular weight excluding hydrogens is 280 g/mol. The molecule has 0 bridgehead atoms. The van der Waals surface area contributed by atoms with E-state index in [1.165, 1.54) is 0 Å². The van der Waals surface area contributed by atoms with Crippen LogP contribution >= 0.6 is 22.7 Å². The highest BCUT2D eigenvalue weighted by Gasteiger charge is 2.19. The van der Waals surface area contributed by atoms with E-state index in [2.05, 4.69) is 34.3 Å². The number of anilines is 1. The van der Waals surface area contributed by atoms with Gasteiger partial charge in [0.1, 0.15) is 5.01 Å². The van der Waals surface area contributed by atoms with E-state index in [0.717, 1.165) is 32.3 Å². The largest absolute Gasteiger partial charge is 0.378 e. The van der Waals surface area contributed by atoms with E-state index in [-0.39, 0.29) is 0 Å². The lowest BCUT2D eigenvalue weighted by atomic mass is 10.1. The van der Waals surface area contributed by atoms with Crippen LogP contribution in [0.1, 0.15) is 37.4 Å². The highest BCUT2D eigenvalue weighted by molar-refractivity contribution is 7.23. The Kier molecular flexibility index (Phi) is 4.84. The first kappa shape index (κ1) is 14.4.